The molecule has 0 atom stereocenters. The van der Waals surface area contributed by atoms with Crippen molar-refractivity contribution in [3.63, 3.8) is 0 Å². The summed E-state index contributed by atoms with van der Waals surface area (Å²) in [6, 6.07) is 14.5. The SMILES string of the molecule is Nc1ccc(Cl)c(NC(=O)Cc2ccccc2)c1. The van der Waals surface area contributed by atoms with E-state index in [4.69, 9.17) is 17.3 Å². The fraction of sp³-hybridized carbons (Fsp3) is 0.0714. The molecule has 0 bridgehead atoms. The summed E-state index contributed by atoms with van der Waals surface area (Å²) in [6.45, 7) is 0. The lowest BCUT2D eigenvalue weighted by Gasteiger charge is -2.08. The summed E-state index contributed by atoms with van der Waals surface area (Å²) in [5.41, 5.74) is 7.70. The average Bonchev–Trinajstić information content (AvgIpc) is 2.35. The molecule has 2 aromatic rings. The van der Waals surface area contributed by atoms with E-state index in [0.29, 0.717) is 22.8 Å². The van der Waals surface area contributed by atoms with Gasteiger partial charge < -0.3 is 11.1 Å². The lowest BCUT2D eigenvalue weighted by molar-refractivity contribution is -0.115. The highest BCUT2D eigenvalue weighted by Crippen LogP contribution is 2.24. The van der Waals surface area contributed by atoms with Gasteiger partial charge in [-0.05, 0) is 23.8 Å². The van der Waals surface area contributed by atoms with Crippen LogP contribution in [0, 0.1) is 0 Å². The summed E-state index contributed by atoms with van der Waals surface area (Å²) < 4.78 is 0. The third-order valence-electron chi connectivity index (χ3n) is 2.47. The number of anilines is 2. The Hall–Kier alpha value is -2.00. The Kier molecular flexibility index (Phi) is 3.85. The molecule has 3 nitrogen and oxygen atoms in total. The Morgan fingerprint density at radius 3 is 2.61 bits per heavy atom. The molecule has 18 heavy (non-hydrogen) atoms. The van der Waals surface area contributed by atoms with Crippen LogP contribution in [0.2, 0.25) is 5.02 Å². The Morgan fingerprint density at radius 2 is 1.89 bits per heavy atom. The molecule has 0 aliphatic heterocycles. The van der Waals surface area contributed by atoms with Crippen molar-refractivity contribution in [3.8, 4) is 0 Å². The quantitative estimate of drug-likeness (QED) is 0.833. The summed E-state index contributed by atoms with van der Waals surface area (Å²) >= 11 is 5.97. The van der Waals surface area contributed by atoms with E-state index in [-0.39, 0.29) is 5.91 Å². The van der Waals surface area contributed by atoms with Crippen molar-refractivity contribution in [2.24, 2.45) is 0 Å². The van der Waals surface area contributed by atoms with Crippen LogP contribution in [0.5, 0.6) is 0 Å². The van der Waals surface area contributed by atoms with Gasteiger partial charge in [0.2, 0.25) is 5.91 Å². The first-order chi connectivity index (χ1) is 8.65. The van der Waals surface area contributed by atoms with Crippen LogP contribution in [0.3, 0.4) is 0 Å². The summed E-state index contributed by atoms with van der Waals surface area (Å²) in [4.78, 5) is 11.8. The smallest absolute Gasteiger partial charge is 0.228 e. The van der Waals surface area contributed by atoms with Gasteiger partial charge in [0.1, 0.15) is 0 Å². The first kappa shape index (κ1) is 12.5. The van der Waals surface area contributed by atoms with Gasteiger partial charge in [-0.2, -0.15) is 0 Å². The standard InChI is InChI=1S/C14H13ClN2O/c15-12-7-6-11(16)9-13(12)17-14(18)8-10-4-2-1-3-5-10/h1-7,9H,8,16H2,(H,17,18). The third-order valence-corrected chi connectivity index (χ3v) is 2.80. The van der Waals surface area contributed by atoms with Crippen molar-refractivity contribution in [2.75, 3.05) is 11.1 Å². The Morgan fingerprint density at radius 1 is 1.17 bits per heavy atom. The van der Waals surface area contributed by atoms with Crippen LogP contribution in [0.25, 0.3) is 0 Å². The van der Waals surface area contributed by atoms with Gasteiger partial charge in [-0.15, -0.1) is 0 Å². The van der Waals surface area contributed by atoms with E-state index >= 15 is 0 Å². The number of nitrogen functional groups attached to an aromatic ring is 1. The molecule has 4 heteroatoms. The maximum Gasteiger partial charge on any atom is 0.228 e. The van der Waals surface area contributed by atoms with Gasteiger partial charge in [0.15, 0.2) is 0 Å². The number of hydrogen-bond acceptors (Lipinski definition) is 2. The molecule has 0 aliphatic carbocycles. The predicted molar refractivity (Wildman–Crippen MR) is 74.6 cm³/mol. The zero-order valence-corrected chi connectivity index (χ0v) is 10.4. The number of benzene rings is 2. The first-order valence-corrected chi connectivity index (χ1v) is 5.92. The molecule has 0 saturated heterocycles. The average molecular weight is 261 g/mol. The third kappa shape index (κ3) is 3.25. The van der Waals surface area contributed by atoms with Gasteiger partial charge in [-0.1, -0.05) is 41.9 Å². The van der Waals surface area contributed by atoms with E-state index in [0.717, 1.165) is 5.56 Å². The molecule has 92 valence electrons. The van der Waals surface area contributed by atoms with Crippen molar-refractivity contribution >= 4 is 28.9 Å². The van der Waals surface area contributed by atoms with Crippen molar-refractivity contribution in [2.45, 2.75) is 6.42 Å². The zero-order chi connectivity index (χ0) is 13.0. The van der Waals surface area contributed by atoms with Gasteiger partial charge >= 0.3 is 0 Å². The lowest BCUT2D eigenvalue weighted by atomic mass is 10.1. The van der Waals surface area contributed by atoms with Gasteiger partial charge in [-0.3, -0.25) is 4.79 Å². The maximum absolute atomic E-state index is 11.8. The molecule has 0 fully saturated rings. The monoisotopic (exact) mass is 260 g/mol. The number of amides is 1. The van der Waals surface area contributed by atoms with Crippen LogP contribution >= 0.6 is 11.6 Å². The van der Waals surface area contributed by atoms with Gasteiger partial charge in [0.25, 0.3) is 0 Å². The molecular formula is C14H13ClN2O. The van der Waals surface area contributed by atoms with E-state index in [1.165, 1.54) is 0 Å². The van der Waals surface area contributed by atoms with E-state index in [2.05, 4.69) is 5.32 Å². The summed E-state index contributed by atoms with van der Waals surface area (Å²) in [5, 5.41) is 3.23. The van der Waals surface area contributed by atoms with E-state index in [9.17, 15) is 4.79 Å². The number of nitrogens with two attached hydrogens (primary N) is 1. The highest BCUT2D eigenvalue weighted by Gasteiger charge is 2.07. The van der Waals surface area contributed by atoms with E-state index in [1.807, 2.05) is 30.3 Å². The van der Waals surface area contributed by atoms with E-state index in [1.54, 1.807) is 18.2 Å². The molecule has 0 saturated carbocycles. The minimum absolute atomic E-state index is 0.117. The summed E-state index contributed by atoms with van der Waals surface area (Å²) in [5.74, 6) is -0.117. The van der Waals surface area contributed by atoms with Crippen LogP contribution in [0.4, 0.5) is 11.4 Å². The largest absolute Gasteiger partial charge is 0.399 e. The Bertz CT molecular complexity index is 555. The molecule has 0 radical (unpaired) electrons. The Labute approximate surface area is 111 Å². The fourth-order valence-corrected chi connectivity index (χ4v) is 1.78. The molecule has 2 rings (SSSR count). The van der Waals surface area contributed by atoms with E-state index < -0.39 is 0 Å². The predicted octanol–water partition coefficient (Wildman–Crippen LogP) is 3.10. The summed E-state index contributed by atoms with van der Waals surface area (Å²) in [6.07, 6.45) is 0.311. The highest BCUT2D eigenvalue weighted by atomic mass is 35.5. The topological polar surface area (TPSA) is 55.1 Å². The minimum atomic E-state index is -0.117. The molecular weight excluding hydrogens is 248 g/mol. The van der Waals surface area contributed by atoms with Crippen LogP contribution in [0.1, 0.15) is 5.56 Å². The van der Waals surface area contributed by atoms with Crippen LogP contribution in [0.15, 0.2) is 48.5 Å². The molecule has 1 amide bonds. The molecule has 0 heterocycles. The second-order valence-corrected chi connectivity index (χ2v) is 4.36. The van der Waals surface area contributed by atoms with Gasteiger partial charge in [-0.25, -0.2) is 0 Å². The number of rotatable bonds is 3. The number of hydrogen-bond donors (Lipinski definition) is 2. The van der Waals surface area contributed by atoms with Crippen molar-refractivity contribution < 1.29 is 4.79 Å². The normalized spacial score (nSPS) is 10.1. The number of nitrogens with one attached hydrogen (secondary N) is 1. The van der Waals surface area contributed by atoms with Crippen molar-refractivity contribution in [1.82, 2.24) is 0 Å². The maximum atomic E-state index is 11.8. The fourth-order valence-electron chi connectivity index (χ4n) is 1.61. The molecule has 3 N–H and O–H groups in total. The van der Waals surface area contributed by atoms with Crippen LogP contribution < -0.4 is 11.1 Å². The number of halogens is 1. The number of carbonyl (C=O) groups excluding carboxylic acids is 1. The first-order valence-electron chi connectivity index (χ1n) is 5.54. The molecule has 2 aromatic carbocycles. The van der Waals surface area contributed by atoms with Gasteiger partial charge in [0.05, 0.1) is 17.1 Å². The highest BCUT2D eigenvalue weighted by molar-refractivity contribution is 6.33. The lowest BCUT2D eigenvalue weighted by Crippen LogP contribution is -2.14. The van der Waals surface area contributed by atoms with Crippen molar-refractivity contribution in [1.29, 1.82) is 0 Å². The molecule has 0 aliphatic rings. The van der Waals surface area contributed by atoms with Crippen LogP contribution in [-0.4, -0.2) is 5.91 Å². The zero-order valence-electron chi connectivity index (χ0n) is 9.69. The summed E-state index contributed by atoms with van der Waals surface area (Å²) in [7, 11) is 0. The molecule has 0 spiro atoms. The van der Waals surface area contributed by atoms with Crippen molar-refractivity contribution in [3.05, 3.63) is 59.1 Å². The molecule has 0 unspecified atom stereocenters. The second-order valence-electron chi connectivity index (χ2n) is 3.95. The van der Waals surface area contributed by atoms with Crippen LogP contribution in [-0.2, 0) is 11.2 Å². The Balaban J connectivity index is 2.05. The number of carbonyl (C=O) groups is 1. The second kappa shape index (κ2) is 5.56. The minimum Gasteiger partial charge on any atom is -0.399 e. The molecule has 0 aromatic heterocycles. The van der Waals surface area contributed by atoms with Gasteiger partial charge in [0, 0.05) is 5.69 Å².